The van der Waals surface area contributed by atoms with E-state index in [1.807, 2.05) is 13.1 Å². The summed E-state index contributed by atoms with van der Waals surface area (Å²) in [7, 11) is 2.72. The van der Waals surface area contributed by atoms with Crippen LogP contribution in [0.15, 0.2) is 23.1 Å². The largest absolute Gasteiger partial charge is 0.495 e. The third-order valence-electron chi connectivity index (χ3n) is 3.29. The summed E-state index contributed by atoms with van der Waals surface area (Å²) < 4.78 is 37.0. The van der Waals surface area contributed by atoms with Gasteiger partial charge in [-0.3, -0.25) is 0 Å². The monoisotopic (exact) mass is 316 g/mol. The molecule has 1 rings (SSSR count). The number of sulfonamides is 1. The van der Waals surface area contributed by atoms with Crippen molar-refractivity contribution in [3.8, 4) is 5.75 Å². The number of nitrogens with one attached hydrogen (secondary N) is 1. The second-order valence-electron chi connectivity index (χ2n) is 4.84. The Hall–Kier alpha value is -1.15. The Morgan fingerprint density at radius 3 is 2.52 bits per heavy atom. The molecule has 0 saturated carbocycles. The molecule has 1 aromatic rings. The summed E-state index contributed by atoms with van der Waals surface area (Å²) >= 11 is 0. The fourth-order valence-corrected chi connectivity index (χ4v) is 3.53. The van der Waals surface area contributed by atoms with Gasteiger partial charge >= 0.3 is 0 Å². The molecule has 1 aromatic carbocycles. The van der Waals surface area contributed by atoms with Crippen molar-refractivity contribution in [1.82, 2.24) is 9.62 Å². The van der Waals surface area contributed by atoms with Crippen LogP contribution >= 0.6 is 0 Å². The van der Waals surface area contributed by atoms with Crippen LogP contribution in [0.2, 0.25) is 0 Å². The number of methoxy groups -OCH3 is 2. The van der Waals surface area contributed by atoms with Crippen LogP contribution in [0.25, 0.3) is 0 Å². The van der Waals surface area contributed by atoms with Crippen LogP contribution in [0.1, 0.15) is 12.5 Å². The zero-order chi connectivity index (χ0) is 16.0. The molecule has 7 heteroatoms. The summed E-state index contributed by atoms with van der Waals surface area (Å²) in [5.41, 5.74) is 0.879. The number of rotatable bonds is 8. The molecule has 0 heterocycles. The van der Waals surface area contributed by atoms with Crippen molar-refractivity contribution in [2.24, 2.45) is 0 Å². The lowest BCUT2D eigenvalue weighted by atomic mass is 10.2. The van der Waals surface area contributed by atoms with Crippen molar-refractivity contribution in [3.05, 3.63) is 23.8 Å². The van der Waals surface area contributed by atoms with E-state index in [-0.39, 0.29) is 10.9 Å². The zero-order valence-corrected chi connectivity index (χ0v) is 14.0. The lowest BCUT2D eigenvalue weighted by Crippen LogP contribution is -2.38. The minimum atomic E-state index is -3.64. The van der Waals surface area contributed by atoms with Gasteiger partial charge in [0.05, 0.1) is 13.7 Å². The molecular formula is C14H24N2O4S. The first-order valence-corrected chi connectivity index (χ1v) is 8.11. The number of benzene rings is 1. The van der Waals surface area contributed by atoms with Crippen LogP contribution in [0, 0.1) is 0 Å². The van der Waals surface area contributed by atoms with Crippen molar-refractivity contribution in [2.45, 2.75) is 24.4 Å². The van der Waals surface area contributed by atoms with E-state index in [0.717, 1.165) is 5.56 Å². The predicted octanol–water partition coefficient (Wildman–Crippen LogP) is 1.07. The molecule has 0 spiro atoms. The molecule has 0 aliphatic carbocycles. The first-order valence-electron chi connectivity index (χ1n) is 6.67. The summed E-state index contributed by atoms with van der Waals surface area (Å²) in [6, 6.07) is 4.89. The van der Waals surface area contributed by atoms with E-state index in [2.05, 4.69) is 5.32 Å². The number of likely N-dealkylation sites (N-methyl/N-ethyl adjacent to an activating group) is 1. The molecule has 0 amide bonds. The Balaban J connectivity index is 3.25. The highest BCUT2D eigenvalue weighted by Gasteiger charge is 2.28. The fourth-order valence-electron chi connectivity index (χ4n) is 1.97. The Kier molecular flexibility index (Phi) is 6.60. The lowest BCUT2D eigenvalue weighted by molar-refractivity contribution is 0.149. The second kappa shape index (κ2) is 7.74. The van der Waals surface area contributed by atoms with Gasteiger partial charge < -0.3 is 14.8 Å². The quantitative estimate of drug-likeness (QED) is 0.777. The van der Waals surface area contributed by atoms with Gasteiger partial charge in [-0.05, 0) is 31.7 Å². The maximum atomic E-state index is 12.8. The van der Waals surface area contributed by atoms with Gasteiger partial charge in [0.25, 0.3) is 0 Å². The molecule has 0 aromatic heterocycles. The highest BCUT2D eigenvalue weighted by Crippen LogP contribution is 2.28. The standard InChI is InChI=1S/C14H24N2O4S/c1-11(10-19-4)16(3)21(17,18)14-8-12(9-15-2)6-7-13(14)20-5/h6-8,11,15H,9-10H2,1-5H3. The molecule has 21 heavy (non-hydrogen) atoms. The summed E-state index contributed by atoms with van der Waals surface area (Å²) in [6.07, 6.45) is 0. The predicted molar refractivity (Wildman–Crippen MR) is 82.0 cm³/mol. The van der Waals surface area contributed by atoms with Crippen LogP contribution in [0.5, 0.6) is 5.75 Å². The Morgan fingerprint density at radius 1 is 1.33 bits per heavy atom. The van der Waals surface area contributed by atoms with E-state index in [0.29, 0.717) is 18.9 Å². The third-order valence-corrected chi connectivity index (χ3v) is 5.29. The van der Waals surface area contributed by atoms with Crippen molar-refractivity contribution in [2.75, 3.05) is 34.9 Å². The molecule has 0 saturated heterocycles. The maximum Gasteiger partial charge on any atom is 0.246 e. The summed E-state index contributed by atoms with van der Waals surface area (Å²) in [5, 5.41) is 3.00. The average Bonchev–Trinajstić information content (AvgIpc) is 2.47. The van der Waals surface area contributed by atoms with Crippen molar-refractivity contribution in [3.63, 3.8) is 0 Å². The number of hydrogen-bond acceptors (Lipinski definition) is 5. The maximum absolute atomic E-state index is 12.8. The van der Waals surface area contributed by atoms with Crippen LogP contribution in [-0.4, -0.2) is 53.7 Å². The molecule has 6 nitrogen and oxygen atoms in total. The molecule has 1 unspecified atom stereocenters. The van der Waals surface area contributed by atoms with Gasteiger partial charge in [-0.1, -0.05) is 6.07 Å². The third kappa shape index (κ3) is 4.16. The molecule has 1 N–H and O–H groups in total. The van der Waals surface area contributed by atoms with Crippen LogP contribution in [0.3, 0.4) is 0 Å². The second-order valence-corrected chi connectivity index (χ2v) is 6.81. The molecule has 0 radical (unpaired) electrons. The van der Waals surface area contributed by atoms with Gasteiger partial charge in [-0.15, -0.1) is 0 Å². The van der Waals surface area contributed by atoms with Crippen LogP contribution in [0.4, 0.5) is 0 Å². The molecular weight excluding hydrogens is 292 g/mol. The molecule has 0 aliphatic heterocycles. The van der Waals surface area contributed by atoms with Crippen LogP contribution < -0.4 is 10.1 Å². The van der Waals surface area contributed by atoms with E-state index >= 15 is 0 Å². The molecule has 0 aliphatic rings. The molecule has 120 valence electrons. The Bertz CT molecular complexity index is 560. The van der Waals surface area contributed by atoms with E-state index < -0.39 is 10.0 Å². The Labute approximate surface area is 127 Å². The van der Waals surface area contributed by atoms with E-state index in [4.69, 9.17) is 9.47 Å². The zero-order valence-electron chi connectivity index (χ0n) is 13.2. The Morgan fingerprint density at radius 2 is 2.00 bits per heavy atom. The summed E-state index contributed by atoms with van der Waals surface area (Å²) in [6.45, 7) is 2.71. The van der Waals surface area contributed by atoms with Gasteiger partial charge in [0.15, 0.2) is 0 Å². The van der Waals surface area contributed by atoms with Gasteiger partial charge in [-0.25, -0.2) is 8.42 Å². The first-order chi connectivity index (χ1) is 9.88. The van der Waals surface area contributed by atoms with E-state index in [1.54, 1.807) is 33.2 Å². The highest BCUT2D eigenvalue weighted by molar-refractivity contribution is 7.89. The number of hydrogen-bond donors (Lipinski definition) is 1. The molecule has 1 atom stereocenters. The van der Waals surface area contributed by atoms with Gasteiger partial charge in [0.2, 0.25) is 10.0 Å². The van der Waals surface area contributed by atoms with Crippen molar-refractivity contribution < 1.29 is 17.9 Å². The normalized spacial score (nSPS) is 13.4. The van der Waals surface area contributed by atoms with Gasteiger partial charge in [0, 0.05) is 26.7 Å². The number of nitrogens with zero attached hydrogens (tertiary/aromatic N) is 1. The van der Waals surface area contributed by atoms with Crippen LogP contribution in [-0.2, 0) is 21.3 Å². The SMILES string of the molecule is CNCc1ccc(OC)c(S(=O)(=O)N(C)C(C)COC)c1. The van der Waals surface area contributed by atoms with Crippen molar-refractivity contribution in [1.29, 1.82) is 0 Å². The number of ether oxygens (including phenoxy) is 2. The van der Waals surface area contributed by atoms with Gasteiger partial charge in [-0.2, -0.15) is 4.31 Å². The summed E-state index contributed by atoms with van der Waals surface area (Å²) in [5.74, 6) is 0.339. The molecule has 0 bridgehead atoms. The van der Waals surface area contributed by atoms with E-state index in [9.17, 15) is 8.42 Å². The average molecular weight is 316 g/mol. The highest BCUT2D eigenvalue weighted by atomic mass is 32.2. The van der Waals surface area contributed by atoms with Gasteiger partial charge in [0.1, 0.15) is 10.6 Å². The topological polar surface area (TPSA) is 67.9 Å². The molecule has 0 fully saturated rings. The summed E-state index contributed by atoms with van der Waals surface area (Å²) in [4.78, 5) is 0.170. The van der Waals surface area contributed by atoms with E-state index in [1.165, 1.54) is 11.4 Å². The fraction of sp³-hybridized carbons (Fsp3) is 0.571. The smallest absolute Gasteiger partial charge is 0.246 e. The minimum Gasteiger partial charge on any atom is -0.495 e. The first kappa shape index (κ1) is 17.9. The lowest BCUT2D eigenvalue weighted by Gasteiger charge is -2.24. The minimum absolute atomic E-state index is 0.170. The van der Waals surface area contributed by atoms with Crippen molar-refractivity contribution >= 4 is 10.0 Å².